The summed E-state index contributed by atoms with van der Waals surface area (Å²) in [5.74, 6) is 2.09. The van der Waals surface area contributed by atoms with Gasteiger partial charge in [0.2, 0.25) is 5.91 Å². The lowest BCUT2D eigenvalue weighted by Crippen LogP contribution is -2.56. The number of carbonyl (C=O) groups excluding carboxylic acids is 1. The molecule has 1 aliphatic heterocycles. The minimum Gasteiger partial charge on any atom is -0.507 e. The fourth-order valence-corrected chi connectivity index (χ4v) is 5.96. The summed E-state index contributed by atoms with van der Waals surface area (Å²) < 4.78 is 6.31. The summed E-state index contributed by atoms with van der Waals surface area (Å²) in [6.07, 6.45) is 9.62. The first kappa shape index (κ1) is 24.8. The van der Waals surface area contributed by atoms with E-state index in [9.17, 15) is 9.90 Å². The molecule has 5 heteroatoms. The van der Waals surface area contributed by atoms with Crippen molar-refractivity contribution < 1.29 is 14.6 Å². The molecule has 1 saturated heterocycles. The summed E-state index contributed by atoms with van der Waals surface area (Å²) in [7, 11) is 0. The van der Waals surface area contributed by atoms with E-state index in [4.69, 9.17) is 4.74 Å². The molecule has 1 fully saturated rings. The Kier molecular flexibility index (Phi) is 8.75. The van der Waals surface area contributed by atoms with Crippen LogP contribution < -0.4 is 10.1 Å². The van der Waals surface area contributed by atoms with Gasteiger partial charge in [0.15, 0.2) is 0 Å². The number of hydrogen-bond donors (Lipinski definition) is 2. The monoisotopic (exact) mass is 457 g/mol. The normalized spacial score (nSPS) is 25.0. The van der Waals surface area contributed by atoms with Crippen LogP contribution in [0.2, 0.25) is 0 Å². The topological polar surface area (TPSA) is 58.6 Å². The van der Waals surface area contributed by atoms with Crippen LogP contribution in [0.15, 0.2) is 35.9 Å². The van der Waals surface area contributed by atoms with Crippen LogP contribution in [-0.4, -0.2) is 22.3 Å². The first-order chi connectivity index (χ1) is 15.3. The molecule has 1 heterocycles. The number of ether oxygens (including phenoxy) is 1. The first-order valence-corrected chi connectivity index (χ1v) is 13.1. The van der Waals surface area contributed by atoms with E-state index < -0.39 is 0 Å². The fourth-order valence-electron chi connectivity index (χ4n) is 4.87. The van der Waals surface area contributed by atoms with Crippen molar-refractivity contribution in [2.75, 3.05) is 5.94 Å². The highest BCUT2D eigenvalue weighted by Crippen LogP contribution is 2.47. The second-order valence-electron chi connectivity index (χ2n) is 9.39. The van der Waals surface area contributed by atoms with Crippen LogP contribution >= 0.6 is 11.8 Å². The van der Waals surface area contributed by atoms with Gasteiger partial charge >= 0.3 is 0 Å². The molecule has 1 aromatic rings. The van der Waals surface area contributed by atoms with E-state index >= 15 is 0 Å². The number of benzene rings is 1. The number of phenols is 1. The molecule has 1 amide bonds. The number of rotatable bonds is 11. The molecule has 0 aromatic heterocycles. The van der Waals surface area contributed by atoms with E-state index in [1.54, 1.807) is 11.8 Å². The van der Waals surface area contributed by atoms with Gasteiger partial charge in [-0.15, -0.1) is 0 Å². The lowest BCUT2D eigenvalue weighted by atomic mass is 9.73. The van der Waals surface area contributed by atoms with Crippen LogP contribution in [0.25, 0.3) is 0 Å². The molecule has 176 valence electrons. The number of β-lactam (4-membered cyclic amide) rings is 1. The number of carbonyl (C=O) groups is 1. The Labute approximate surface area is 197 Å². The molecule has 2 aliphatic rings. The predicted octanol–water partition coefficient (Wildman–Crippen LogP) is 6.69. The highest BCUT2D eigenvalue weighted by molar-refractivity contribution is 7.99. The third-order valence-corrected chi connectivity index (χ3v) is 7.91. The lowest BCUT2D eigenvalue weighted by molar-refractivity contribution is -0.132. The number of allylic oxidation sites excluding steroid dienone is 3. The molecule has 3 rings (SSSR count). The molecular formula is C27H39NO3S. The number of hydrogen-bond acceptors (Lipinski definition) is 4. The highest BCUT2D eigenvalue weighted by Gasteiger charge is 2.38. The number of amides is 1. The Hall–Kier alpha value is -1.88. The van der Waals surface area contributed by atoms with Crippen molar-refractivity contribution in [3.05, 3.63) is 47.1 Å². The van der Waals surface area contributed by atoms with Gasteiger partial charge in [-0.05, 0) is 69.6 Å². The second kappa shape index (κ2) is 11.3. The summed E-state index contributed by atoms with van der Waals surface area (Å²) in [5, 5.41) is 14.2. The Morgan fingerprint density at radius 2 is 2.09 bits per heavy atom. The SMILES string of the molecule is C=C(C)[C@@H]1CCC(C)=C[C@H]1c1c(O)cc(CCCCC)cc1OCS[C@H]1NC(=O)[C@@H]1CC. The summed E-state index contributed by atoms with van der Waals surface area (Å²) in [4.78, 5) is 11.7. The molecular weight excluding hydrogens is 418 g/mol. The highest BCUT2D eigenvalue weighted by atomic mass is 32.2. The van der Waals surface area contributed by atoms with Crippen LogP contribution in [0.5, 0.6) is 11.5 Å². The van der Waals surface area contributed by atoms with Crippen LogP contribution in [0.4, 0.5) is 0 Å². The molecule has 4 atom stereocenters. The zero-order chi connectivity index (χ0) is 23.3. The summed E-state index contributed by atoms with van der Waals surface area (Å²) in [5.41, 5.74) is 4.49. The van der Waals surface area contributed by atoms with Crippen LogP contribution in [-0.2, 0) is 11.2 Å². The maximum atomic E-state index is 11.7. The van der Waals surface area contributed by atoms with Gasteiger partial charge in [0.1, 0.15) is 17.4 Å². The van der Waals surface area contributed by atoms with E-state index in [-0.39, 0.29) is 23.1 Å². The van der Waals surface area contributed by atoms with Gasteiger partial charge in [-0.25, -0.2) is 0 Å². The number of unbranched alkanes of at least 4 members (excludes halogenated alkanes) is 2. The lowest BCUT2D eigenvalue weighted by Gasteiger charge is -2.35. The maximum Gasteiger partial charge on any atom is 0.226 e. The summed E-state index contributed by atoms with van der Waals surface area (Å²) >= 11 is 1.62. The molecule has 0 bridgehead atoms. The Morgan fingerprint density at radius 1 is 1.31 bits per heavy atom. The largest absolute Gasteiger partial charge is 0.507 e. The number of aromatic hydroxyl groups is 1. The van der Waals surface area contributed by atoms with E-state index in [1.807, 2.05) is 13.0 Å². The average molecular weight is 458 g/mol. The zero-order valence-corrected chi connectivity index (χ0v) is 20.9. The van der Waals surface area contributed by atoms with Crippen molar-refractivity contribution in [3.8, 4) is 11.5 Å². The van der Waals surface area contributed by atoms with Gasteiger partial charge in [0.05, 0.1) is 11.3 Å². The third kappa shape index (κ3) is 5.72. The quantitative estimate of drug-likeness (QED) is 0.168. The molecule has 2 N–H and O–H groups in total. The fraction of sp³-hybridized carbons (Fsp3) is 0.593. The average Bonchev–Trinajstić information content (AvgIpc) is 2.73. The van der Waals surface area contributed by atoms with Gasteiger partial charge in [0.25, 0.3) is 0 Å². The number of phenolic OH excluding ortho intramolecular Hbond substituents is 1. The summed E-state index contributed by atoms with van der Waals surface area (Å²) in [6, 6.07) is 4.05. The minimum absolute atomic E-state index is 0.0635. The van der Waals surface area contributed by atoms with Crippen molar-refractivity contribution in [2.24, 2.45) is 11.8 Å². The molecule has 1 aromatic carbocycles. The van der Waals surface area contributed by atoms with Gasteiger partial charge < -0.3 is 15.2 Å². The second-order valence-corrected chi connectivity index (χ2v) is 10.5. The third-order valence-electron chi connectivity index (χ3n) is 6.85. The van der Waals surface area contributed by atoms with Gasteiger partial charge in [-0.1, -0.05) is 62.3 Å². The Morgan fingerprint density at radius 3 is 2.75 bits per heavy atom. The number of nitrogens with one attached hydrogen (secondary N) is 1. The molecule has 4 nitrogen and oxygen atoms in total. The molecule has 0 saturated carbocycles. The molecule has 0 radical (unpaired) electrons. The molecule has 32 heavy (non-hydrogen) atoms. The Balaban J connectivity index is 1.86. The van der Waals surface area contributed by atoms with Gasteiger partial charge in [-0.2, -0.15) is 0 Å². The van der Waals surface area contributed by atoms with E-state index in [0.29, 0.717) is 17.6 Å². The Bertz CT molecular complexity index is 863. The van der Waals surface area contributed by atoms with Crippen LogP contribution in [0, 0.1) is 11.8 Å². The van der Waals surface area contributed by atoms with Crippen molar-refractivity contribution in [1.29, 1.82) is 0 Å². The maximum absolute atomic E-state index is 11.7. The van der Waals surface area contributed by atoms with E-state index in [2.05, 4.69) is 44.8 Å². The van der Waals surface area contributed by atoms with E-state index in [1.165, 1.54) is 18.4 Å². The summed E-state index contributed by atoms with van der Waals surface area (Å²) in [6.45, 7) is 12.7. The van der Waals surface area contributed by atoms with Crippen LogP contribution in [0.3, 0.4) is 0 Å². The predicted molar refractivity (Wildman–Crippen MR) is 134 cm³/mol. The minimum atomic E-state index is 0.0635. The van der Waals surface area contributed by atoms with Crippen molar-refractivity contribution in [1.82, 2.24) is 5.32 Å². The number of aryl methyl sites for hydroxylation is 1. The van der Waals surface area contributed by atoms with Crippen molar-refractivity contribution in [3.63, 3.8) is 0 Å². The van der Waals surface area contributed by atoms with Crippen LogP contribution in [0.1, 0.15) is 83.3 Å². The molecule has 1 aliphatic carbocycles. The molecule has 0 unspecified atom stereocenters. The van der Waals surface area contributed by atoms with Crippen molar-refractivity contribution >= 4 is 17.7 Å². The standard InChI is InChI=1S/C27H39NO3S/c1-6-8-9-10-19-14-23(29)25(22-13-18(5)11-12-21(22)17(3)4)24(15-19)31-16-32-27-20(7-2)26(30)28-27/h13-15,20-22,27,29H,3,6-12,16H2,1-2,4-5H3,(H,28,30)/t20-,21-,22+,27+/m0/s1. The van der Waals surface area contributed by atoms with Crippen molar-refractivity contribution in [2.45, 2.75) is 83.9 Å². The van der Waals surface area contributed by atoms with Gasteiger partial charge in [-0.3, -0.25) is 4.79 Å². The zero-order valence-electron chi connectivity index (χ0n) is 20.1. The number of thioether (sulfide) groups is 1. The van der Waals surface area contributed by atoms with E-state index in [0.717, 1.165) is 54.6 Å². The molecule has 0 spiro atoms. The first-order valence-electron chi connectivity index (χ1n) is 12.1. The smallest absolute Gasteiger partial charge is 0.226 e. The van der Waals surface area contributed by atoms with Gasteiger partial charge in [0, 0.05) is 11.5 Å².